The molecular formula is C12H25NO3. The molecule has 0 aliphatic rings. The van der Waals surface area contributed by atoms with Gasteiger partial charge in [0.1, 0.15) is 11.6 Å². The molecule has 0 aromatic carbocycles. The van der Waals surface area contributed by atoms with Crippen molar-refractivity contribution in [2.75, 3.05) is 0 Å². The predicted molar refractivity (Wildman–Crippen MR) is 64.0 cm³/mol. The van der Waals surface area contributed by atoms with E-state index in [4.69, 9.17) is 10.5 Å². The Balaban J connectivity index is 4.01. The van der Waals surface area contributed by atoms with Crippen molar-refractivity contribution in [1.82, 2.24) is 0 Å². The van der Waals surface area contributed by atoms with Gasteiger partial charge in [-0.3, -0.25) is 4.79 Å². The second-order valence-electron chi connectivity index (χ2n) is 5.12. The van der Waals surface area contributed by atoms with Crippen LogP contribution in [-0.2, 0) is 9.53 Å². The number of ether oxygens (including phenoxy) is 1. The Bertz CT molecular complexity index is 211. The Morgan fingerprint density at radius 1 is 1.38 bits per heavy atom. The first kappa shape index (κ1) is 15.4. The summed E-state index contributed by atoms with van der Waals surface area (Å²) in [5.74, 6) is -0.531. The molecule has 3 N–H and O–H groups in total. The minimum absolute atomic E-state index is 0.531. The molecular weight excluding hydrogens is 206 g/mol. The van der Waals surface area contributed by atoms with Crippen LogP contribution in [0.3, 0.4) is 0 Å². The van der Waals surface area contributed by atoms with Crippen molar-refractivity contribution in [3.63, 3.8) is 0 Å². The fraction of sp³-hybridized carbons (Fsp3) is 0.917. The number of aliphatic hydroxyl groups is 1. The van der Waals surface area contributed by atoms with Crippen molar-refractivity contribution >= 4 is 5.97 Å². The van der Waals surface area contributed by atoms with Gasteiger partial charge in [-0.05, 0) is 27.2 Å². The molecule has 0 spiro atoms. The van der Waals surface area contributed by atoms with Crippen LogP contribution in [0.2, 0.25) is 0 Å². The first-order chi connectivity index (χ1) is 7.28. The molecule has 0 aromatic rings. The average molecular weight is 231 g/mol. The normalized spacial score (nSPS) is 15.6. The van der Waals surface area contributed by atoms with Crippen molar-refractivity contribution in [2.45, 2.75) is 71.1 Å². The van der Waals surface area contributed by atoms with Crippen molar-refractivity contribution in [1.29, 1.82) is 0 Å². The maximum absolute atomic E-state index is 11.5. The number of unbranched alkanes of at least 4 members (excludes halogenated alkanes) is 2. The van der Waals surface area contributed by atoms with Crippen LogP contribution in [0.15, 0.2) is 0 Å². The lowest BCUT2D eigenvalue weighted by Crippen LogP contribution is -2.45. The van der Waals surface area contributed by atoms with Gasteiger partial charge < -0.3 is 15.6 Å². The van der Waals surface area contributed by atoms with Gasteiger partial charge >= 0.3 is 5.97 Å². The number of aliphatic hydroxyl groups excluding tert-OH is 1. The Labute approximate surface area is 98.2 Å². The van der Waals surface area contributed by atoms with Crippen LogP contribution < -0.4 is 5.73 Å². The van der Waals surface area contributed by atoms with E-state index in [1.165, 1.54) is 0 Å². The highest BCUT2D eigenvalue weighted by Gasteiger charge is 2.27. The molecule has 0 fully saturated rings. The summed E-state index contributed by atoms with van der Waals surface area (Å²) in [7, 11) is 0. The van der Waals surface area contributed by atoms with Gasteiger partial charge in [0, 0.05) is 0 Å². The summed E-state index contributed by atoms with van der Waals surface area (Å²) in [6.45, 7) is 7.42. The Morgan fingerprint density at radius 2 is 1.94 bits per heavy atom. The van der Waals surface area contributed by atoms with Gasteiger partial charge in [0.05, 0.1) is 6.10 Å². The SMILES string of the molecule is CCCCC[C@H](O)[C@H](N)C(=O)OC(C)(C)C. The van der Waals surface area contributed by atoms with E-state index in [0.717, 1.165) is 19.3 Å². The third-order valence-corrected chi connectivity index (χ3v) is 2.20. The average Bonchev–Trinajstić information content (AvgIpc) is 2.14. The Kier molecular flexibility index (Phi) is 6.60. The van der Waals surface area contributed by atoms with Crippen LogP contribution >= 0.6 is 0 Å². The Hall–Kier alpha value is -0.610. The zero-order valence-electron chi connectivity index (χ0n) is 10.8. The molecule has 0 heterocycles. The van der Waals surface area contributed by atoms with E-state index in [1.54, 1.807) is 20.8 Å². The van der Waals surface area contributed by atoms with E-state index in [-0.39, 0.29) is 0 Å². The number of rotatable bonds is 6. The molecule has 96 valence electrons. The standard InChI is InChI=1S/C12H25NO3/c1-5-6-7-8-9(14)10(13)11(15)16-12(2,3)4/h9-10,14H,5-8,13H2,1-4H3/t9-,10-/m0/s1. The van der Waals surface area contributed by atoms with Crippen molar-refractivity contribution < 1.29 is 14.6 Å². The van der Waals surface area contributed by atoms with Crippen LogP contribution in [0.25, 0.3) is 0 Å². The van der Waals surface area contributed by atoms with Crippen LogP contribution in [0.5, 0.6) is 0 Å². The monoisotopic (exact) mass is 231 g/mol. The van der Waals surface area contributed by atoms with Gasteiger partial charge in [-0.2, -0.15) is 0 Å². The van der Waals surface area contributed by atoms with Gasteiger partial charge in [0.15, 0.2) is 0 Å². The zero-order chi connectivity index (χ0) is 12.8. The molecule has 0 bridgehead atoms. The third-order valence-electron chi connectivity index (χ3n) is 2.20. The molecule has 0 saturated heterocycles. The van der Waals surface area contributed by atoms with Crippen molar-refractivity contribution in [3.05, 3.63) is 0 Å². The summed E-state index contributed by atoms with van der Waals surface area (Å²) in [5, 5.41) is 9.69. The third kappa shape index (κ3) is 6.80. The second kappa shape index (κ2) is 6.86. The highest BCUT2D eigenvalue weighted by molar-refractivity contribution is 5.76. The number of nitrogens with two attached hydrogens (primary N) is 1. The predicted octanol–water partition coefficient (Wildman–Crippen LogP) is 1.60. The molecule has 0 aliphatic heterocycles. The summed E-state index contributed by atoms with van der Waals surface area (Å²) < 4.78 is 5.10. The van der Waals surface area contributed by atoms with Gasteiger partial charge in [-0.15, -0.1) is 0 Å². The molecule has 4 nitrogen and oxygen atoms in total. The van der Waals surface area contributed by atoms with E-state index in [1.807, 2.05) is 0 Å². The second-order valence-corrected chi connectivity index (χ2v) is 5.12. The molecule has 16 heavy (non-hydrogen) atoms. The van der Waals surface area contributed by atoms with Crippen LogP contribution in [0.4, 0.5) is 0 Å². The van der Waals surface area contributed by atoms with Crippen LogP contribution in [0.1, 0.15) is 53.4 Å². The summed E-state index contributed by atoms with van der Waals surface area (Å²) in [5.41, 5.74) is 5.07. The zero-order valence-corrected chi connectivity index (χ0v) is 10.8. The lowest BCUT2D eigenvalue weighted by molar-refractivity contribution is -0.159. The lowest BCUT2D eigenvalue weighted by Gasteiger charge is -2.24. The van der Waals surface area contributed by atoms with Gasteiger partial charge in [0.25, 0.3) is 0 Å². The molecule has 0 saturated carbocycles. The lowest BCUT2D eigenvalue weighted by atomic mass is 10.0. The van der Waals surface area contributed by atoms with Gasteiger partial charge in [-0.25, -0.2) is 0 Å². The molecule has 0 aromatic heterocycles. The van der Waals surface area contributed by atoms with E-state index < -0.39 is 23.7 Å². The largest absolute Gasteiger partial charge is 0.459 e. The van der Waals surface area contributed by atoms with E-state index in [9.17, 15) is 9.90 Å². The smallest absolute Gasteiger partial charge is 0.326 e. The fourth-order valence-electron chi connectivity index (χ4n) is 1.31. The Morgan fingerprint density at radius 3 is 2.38 bits per heavy atom. The number of carbonyl (C=O) groups is 1. The molecule has 0 radical (unpaired) electrons. The topological polar surface area (TPSA) is 72.5 Å². The maximum Gasteiger partial charge on any atom is 0.326 e. The summed E-state index contributed by atoms with van der Waals surface area (Å²) >= 11 is 0. The number of carbonyl (C=O) groups excluding carboxylic acids is 1. The van der Waals surface area contributed by atoms with Crippen LogP contribution in [-0.4, -0.2) is 28.8 Å². The van der Waals surface area contributed by atoms with Gasteiger partial charge in [0.2, 0.25) is 0 Å². The maximum atomic E-state index is 11.5. The molecule has 4 heteroatoms. The van der Waals surface area contributed by atoms with E-state index >= 15 is 0 Å². The number of hydrogen-bond donors (Lipinski definition) is 2. The highest BCUT2D eigenvalue weighted by atomic mass is 16.6. The minimum atomic E-state index is -0.934. The first-order valence-electron chi connectivity index (χ1n) is 5.94. The summed E-state index contributed by atoms with van der Waals surface area (Å²) in [4.78, 5) is 11.5. The summed E-state index contributed by atoms with van der Waals surface area (Å²) in [6, 6.07) is -0.934. The molecule has 0 amide bonds. The van der Waals surface area contributed by atoms with E-state index in [2.05, 4.69) is 6.92 Å². The van der Waals surface area contributed by atoms with Crippen molar-refractivity contribution in [3.8, 4) is 0 Å². The first-order valence-corrected chi connectivity index (χ1v) is 5.94. The fourth-order valence-corrected chi connectivity index (χ4v) is 1.31. The molecule has 0 aliphatic carbocycles. The quantitative estimate of drug-likeness (QED) is 0.538. The highest BCUT2D eigenvalue weighted by Crippen LogP contribution is 2.11. The van der Waals surface area contributed by atoms with Crippen molar-refractivity contribution in [2.24, 2.45) is 5.73 Å². The van der Waals surface area contributed by atoms with Gasteiger partial charge in [-0.1, -0.05) is 26.2 Å². The number of hydrogen-bond acceptors (Lipinski definition) is 4. The number of esters is 1. The molecule has 0 rings (SSSR count). The van der Waals surface area contributed by atoms with E-state index in [0.29, 0.717) is 6.42 Å². The molecule has 0 unspecified atom stereocenters. The summed E-state index contributed by atoms with van der Waals surface area (Å²) in [6.07, 6.45) is 2.75. The minimum Gasteiger partial charge on any atom is -0.459 e. The van der Waals surface area contributed by atoms with Crippen LogP contribution in [0, 0.1) is 0 Å². The molecule has 2 atom stereocenters.